The Morgan fingerprint density at radius 1 is 1.02 bits per heavy atom. The van der Waals surface area contributed by atoms with E-state index in [1.54, 1.807) is 44.3 Å². The standard InChI is InChI=1S/C46H56N4O11/c1-4-25-58-46-41(49(3)45(54)57-29-31-13-7-6-8-14-31)28-39(48-59-30-32-17-19-34(20-18-32)50(55)56)37-26-33(15-9-11-23-51)36(16-10-12-24-52)42(43(37)46)38-27-35(21-22-40(38)61-46)60-44(53)47-5-2/h4,6-8,13-14,17-22,26-27,33,36,41-43,51-52H,1,5,9-12,15-16,23-25,28-30H2,2-3H3,(H,47,53). The minimum Gasteiger partial charge on any atom is -0.459 e. The number of rotatable bonds is 20. The van der Waals surface area contributed by atoms with E-state index in [1.165, 1.54) is 17.0 Å². The number of ether oxygens (including phenoxy) is 4. The number of nitrogens with zero attached hydrogens (tertiary/aromatic N) is 3. The molecule has 3 aromatic rings. The van der Waals surface area contributed by atoms with E-state index in [0.29, 0.717) is 42.2 Å². The Bertz CT molecular complexity index is 2040. The predicted molar refractivity (Wildman–Crippen MR) is 227 cm³/mol. The molecule has 0 spiro atoms. The van der Waals surface area contributed by atoms with Crippen LogP contribution < -0.4 is 14.8 Å². The number of amides is 2. The van der Waals surface area contributed by atoms with Crippen LogP contribution in [0.4, 0.5) is 15.3 Å². The maximum atomic E-state index is 14.2. The lowest BCUT2D eigenvalue weighted by molar-refractivity contribution is -0.384. The molecule has 3 N–H and O–H groups in total. The first-order valence-corrected chi connectivity index (χ1v) is 21.0. The number of hydrogen-bond donors (Lipinski definition) is 3. The number of nitro groups is 1. The highest BCUT2D eigenvalue weighted by Gasteiger charge is 2.65. The van der Waals surface area contributed by atoms with Crippen LogP contribution in [0.25, 0.3) is 0 Å². The smallest absolute Gasteiger partial charge is 0.412 e. The second kappa shape index (κ2) is 21.2. The molecule has 3 aliphatic rings. The number of aliphatic hydroxyl groups is 2. The summed E-state index contributed by atoms with van der Waals surface area (Å²) in [6.45, 7) is 6.36. The van der Waals surface area contributed by atoms with Crippen LogP contribution in [0.1, 0.15) is 74.5 Å². The van der Waals surface area contributed by atoms with Gasteiger partial charge in [-0.15, -0.1) is 6.58 Å². The van der Waals surface area contributed by atoms with E-state index >= 15 is 0 Å². The number of hydrogen-bond acceptors (Lipinski definition) is 12. The van der Waals surface area contributed by atoms with Gasteiger partial charge in [0.1, 0.15) is 30.8 Å². The molecule has 2 aliphatic carbocycles. The second-order valence-electron chi connectivity index (χ2n) is 15.5. The number of oxime groups is 1. The van der Waals surface area contributed by atoms with Crippen molar-refractivity contribution in [2.24, 2.45) is 22.9 Å². The van der Waals surface area contributed by atoms with Gasteiger partial charge in [0.05, 0.1) is 23.2 Å². The third-order valence-electron chi connectivity index (χ3n) is 11.7. The number of aliphatic hydroxyl groups excluding tert-OH is 2. The van der Waals surface area contributed by atoms with Crippen molar-refractivity contribution < 1.29 is 48.5 Å². The van der Waals surface area contributed by atoms with E-state index in [2.05, 4.69) is 18.0 Å². The van der Waals surface area contributed by atoms with Gasteiger partial charge in [-0.25, -0.2) is 9.59 Å². The number of nitrogens with one attached hydrogen (secondary N) is 1. The van der Waals surface area contributed by atoms with Crippen LogP contribution in [0.3, 0.4) is 0 Å². The summed E-state index contributed by atoms with van der Waals surface area (Å²) in [5.74, 6) is -1.71. The van der Waals surface area contributed by atoms with Crippen molar-refractivity contribution in [2.45, 2.75) is 82.8 Å². The molecular weight excluding hydrogens is 785 g/mol. The quantitative estimate of drug-likeness (QED) is 0.0435. The molecular formula is C46H56N4O11. The largest absolute Gasteiger partial charge is 0.459 e. The minimum atomic E-state index is -1.51. The molecule has 6 atom stereocenters. The van der Waals surface area contributed by atoms with E-state index < -0.39 is 34.9 Å². The number of non-ortho nitro benzene ring substituents is 1. The van der Waals surface area contributed by atoms with E-state index in [-0.39, 0.29) is 62.9 Å². The van der Waals surface area contributed by atoms with Crippen LogP contribution in [-0.2, 0) is 27.5 Å². The van der Waals surface area contributed by atoms with Crippen LogP contribution in [-0.4, -0.2) is 83.2 Å². The number of likely N-dealkylation sites (N-methyl/N-ethyl adjacent to an activating group) is 1. The molecule has 6 rings (SSSR count). The summed E-state index contributed by atoms with van der Waals surface area (Å²) in [5.41, 5.74) is 3.61. The molecule has 1 saturated carbocycles. The van der Waals surface area contributed by atoms with Gasteiger partial charge in [-0.2, -0.15) is 0 Å². The average molecular weight is 841 g/mol. The van der Waals surface area contributed by atoms with Crippen molar-refractivity contribution in [3.8, 4) is 11.5 Å². The van der Waals surface area contributed by atoms with E-state index in [9.17, 15) is 29.9 Å². The van der Waals surface area contributed by atoms with E-state index in [0.717, 1.165) is 42.4 Å². The predicted octanol–water partition coefficient (Wildman–Crippen LogP) is 7.81. The fourth-order valence-corrected chi connectivity index (χ4v) is 8.93. The van der Waals surface area contributed by atoms with Crippen LogP contribution >= 0.6 is 0 Å². The van der Waals surface area contributed by atoms with Crippen molar-refractivity contribution in [3.05, 3.63) is 124 Å². The Balaban J connectivity index is 1.51. The molecule has 0 aromatic heterocycles. The van der Waals surface area contributed by atoms with Crippen LogP contribution in [0.15, 0.2) is 102 Å². The molecule has 326 valence electrons. The SMILES string of the molecule is C=CCOC12Oc3ccc(OC(=O)NCC)cc3C3C(CCCCO)C(CCCCO)C=C(C(=NOCc4ccc([N+](=O)[O-])cc4)CC1N(C)C(=O)OCc1ccccc1)C32. The molecule has 0 saturated heterocycles. The number of carbonyl (C=O) groups excluding carboxylic acids is 2. The lowest BCUT2D eigenvalue weighted by Crippen LogP contribution is -2.69. The van der Waals surface area contributed by atoms with E-state index in [1.807, 2.05) is 36.4 Å². The third kappa shape index (κ3) is 10.4. The molecule has 6 unspecified atom stereocenters. The lowest BCUT2D eigenvalue weighted by atomic mass is 9.55. The number of allylic oxidation sites excluding steroid dienone is 1. The number of benzene rings is 3. The summed E-state index contributed by atoms with van der Waals surface area (Å²) in [7, 11) is 1.65. The van der Waals surface area contributed by atoms with Crippen molar-refractivity contribution in [1.29, 1.82) is 0 Å². The molecule has 1 fully saturated rings. The number of unbranched alkanes of at least 4 members (excludes halogenated alkanes) is 2. The zero-order valence-electron chi connectivity index (χ0n) is 34.8. The zero-order valence-corrected chi connectivity index (χ0v) is 34.8. The molecule has 61 heavy (non-hydrogen) atoms. The van der Waals surface area contributed by atoms with Crippen LogP contribution in [0.5, 0.6) is 11.5 Å². The molecule has 3 aromatic carbocycles. The number of carbonyl (C=O) groups is 2. The van der Waals surface area contributed by atoms with Crippen molar-refractivity contribution in [3.63, 3.8) is 0 Å². The van der Waals surface area contributed by atoms with Crippen LogP contribution in [0, 0.1) is 27.9 Å². The Morgan fingerprint density at radius 3 is 2.43 bits per heavy atom. The summed E-state index contributed by atoms with van der Waals surface area (Å²) >= 11 is 0. The summed E-state index contributed by atoms with van der Waals surface area (Å²) in [4.78, 5) is 45.2. The summed E-state index contributed by atoms with van der Waals surface area (Å²) in [6, 6.07) is 19.9. The lowest BCUT2D eigenvalue weighted by Gasteiger charge is -2.59. The first-order valence-electron chi connectivity index (χ1n) is 21.0. The second-order valence-corrected chi connectivity index (χ2v) is 15.5. The van der Waals surface area contributed by atoms with Crippen molar-refractivity contribution in [2.75, 3.05) is 33.4 Å². The van der Waals surface area contributed by atoms with Gasteiger partial charge >= 0.3 is 12.2 Å². The summed E-state index contributed by atoms with van der Waals surface area (Å²) in [5, 5.41) is 38.5. The highest BCUT2D eigenvalue weighted by Crippen LogP contribution is 2.61. The highest BCUT2D eigenvalue weighted by atomic mass is 16.7. The van der Waals surface area contributed by atoms with Gasteiger partial charge in [0, 0.05) is 56.8 Å². The zero-order chi connectivity index (χ0) is 43.4. The number of nitro benzene ring substituents is 1. The molecule has 0 radical (unpaired) electrons. The minimum absolute atomic E-state index is 0.0180. The Hall–Kier alpha value is -5.77. The Morgan fingerprint density at radius 2 is 1.74 bits per heavy atom. The van der Waals surface area contributed by atoms with Gasteiger partial charge < -0.3 is 44.2 Å². The van der Waals surface area contributed by atoms with Crippen molar-refractivity contribution >= 4 is 23.6 Å². The van der Waals surface area contributed by atoms with Crippen molar-refractivity contribution in [1.82, 2.24) is 10.2 Å². The van der Waals surface area contributed by atoms with Gasteiger partial charge in [0.15, 0.2) is 0 Å². The fraction of sp³-hybridized carbons (Fsp3) is 0.457. The normalized spacial score (nSPS) is 23.0. The molecule has 2 amide bonds. The molecule has 15 nitrogen and oxygen atoms in total. The monoisotopic (exact) mass is 840 g/mol. The first kappa shape index (κ1) is 44.8. The van der Waals surface area contributed by atoms with Crippen LogP contribution in [0.2, 0.25) is 0 Å². The molecule has 1 heterocycles. The van der Waals surface area contributed by atoms with Gasteiger partial charge in [-0.1, -0.05) is 60.5 Å². The molecule has 1 aliphatic heterocycles. The van der Waals surface area contributed by atoms with E-state index in [4.69, 9.17) is 28.9 Å². The Labute approximate surface area is 356 Å². The average Bonchev–Trinajstić information content (AvgIpc) is 3.26. The first-order chi connectivity index (χ1) is 29.6. The van der Waals surface area contributed by atoms with Gasteiger partial charge in [-0.3, -0.25) is 10.1 Å². The van der Waals surface area contributed by atoms with Gasteiger partial charge in [0.2, 0.25) is 5.79 Å². The highest BCUT2D eigenvalue weighted by molar-refractivity contribution is 6.03. The van der Waals surface area contributed by atoms with Gasteiger partial charge in [0.25, 0.3) is 5.69 Å². The Kier molecular flexibility index (Phi) is 15.5. The fourth-order valence-electron chi connectivity index (χ4n) is 8.93. The maximum absolute atomic E-state index is 14.2. The maximum Gasteiger partial charge on any atom is 0.412 e. The molecule has 0 bridgehead atoms. The number of fused-ring (bicyclic) bond motifs is 2. The molecule has 15 heteroatoms. The summed E-state index contributed by atoms with van der Waals surface area (Å²) in [6.07, 6.45) is 6.94. The topological polar surface area (TPSA) is 192 Å². The summed E-state index contributed by atoms with van der Waals surface area (Å²) < 4.78 is 25.7. The van der Waals surface area contributed by atoms with Gasteiger partial charge in [-0.05, 0) is 91.5 Å². The third-order valence-corrected chi connectivity index (χ3v) is 11.7.